The van der Waals surface area contributed by atoms with Crippen molar-refractivity contribution in [3.8, 4) is 11.1 Å². The van der Waals surface area contributed by atoms with Crippen LogP contribution in [0.4, 0.5) is 5.82 Å². The topological polar surface area (TPSA) is 112 Å². The number of nitrogens with zero attached hydrogens (tertiary/aromatic N) is 5. The molecule has 1 fully saturated rings. The van der Waals surface area contributed by atoms with Crippen LogP contribution in [-0.2, 0) is 21.9 Å². The second kappa shape index (κ2) is 8.35. The fourth-order valence-corrected chi connectivity index (χ4v) is 4.49. The number of hydrogen-bond acceptors (Lipinski definition) is 7. The van der Waals surface area contributed by atoms with Crippen molar-refractivity contribution in [1.29, 1.82) is 0 Å². The van der Waals surface area contributed by atoms with E-state index < -0.39 is 0 Å². The molecule has 1 saturated heterocycles. The molecule has 0 amide bonds. The molecule has 9 nitrogen and oxygen atoms in total. The highest BCUT2D eigenvalue weighted by atomic mass is 79.9. The maximum Gasteiger partial charge on any atom is 0.323 e. The molecule has 30 heavy (non-hydrogen) atoms. The summed E-state index contributed by atoms with van der Waals surface area (Å²) in [5.41, 5.74) is 10.9. The van der Waals surface area contributed by atoms with Crippen LogP contribution >= 0.6 is 15.9 Å². The first-order chi connectivity index (χ1) is 14.4. The third-order valence-electron chi connectivity index (χ3n) is 5.40. The van der Waals surface area contributed by atoms with Gasteiger partial charge in [-0.1, -0.05) is 15.9 Å². The molecule has 1 aliphatic rings. The highest BCUT2D eigenvalue weighted by molar-refractivity contribution is 9.08. The molecule has 3 aromatic rings. The van der Waals surface area contributed by atoms with Gasteiger partial charge in [0.2, 0.25) is 0 Å². The number of alkyl halides is 1. The summed E-state index contributed by atoms with van der Waals surface area (Å²) in [5.74, 6) is 0.523. The highest BCUT2D eigenvalue weighted by Crippen LogP contribution is 2.34. The van der Waals surface area contributed by atoms with Gasteiger partial charge in [0.15, 0.2) is 5.65 Å². The summed E-state index contributed by atoms with van der Waals surface area (Å²) in [7, 11) is 1.87. The van der Waals surface area contributed by atoms with Crippen LogP contribution in [0.15, 0.2) is 18.6 Å². The van der Waals surface area contributed by atoms with E-state index in [9.17, 15) is 4.79 Å². The normalized spacial score (nSPS) is 19.5. The lowest BCUT2D eigenvalue weighted by atomic mass is 9.90. The van der Waals surface area contributed by atoms with Crippen molar-refractivity contribution in [2.24, 2.45) is 7.05 Å². The Bertz CT molecular complexity index is 1070. The molecule has 10 heteroatoms. The number of carbonyl (C=O) groups excluding carboxylic acids is 1. The summed E-state index contributed by atoms with van der Waals surface area (Å²) < 4.78 is 8.77. The second-order valence-electron chi connectivity index (χ2n) is 7.91. The van der Waals surface area contributed by atoms with E-state index in [1.807, 2.05) is 27.1 Å². The van der Waals surface area contributed by atoms with Crippen LogP contribution in [0.5, 0.6) is 0 Å². The van der Waals surface area contributed by atoms with Crippen LogP contribution in [0.25, 0.3) is 16.8 Å². The number of halogens is 1. The molecule has 2 atom stereocenters. The first-order valence-corrected chi connectivity index (χ1v) is 11.2. The first-order valence-electron chi connectivity index (χ1n) is 10.0. The zero-order chi connectivity index (χ0) is 21.4. The van der Waals surface area contributed by atoms with E-state index in [0.29, 0.717) is 29.8 Å². The summed E-state index contributed by atoms with van der Waals surface area (Å²) in [6.45, 7) is 4.36. The molecule has 4 heterocycles. The van der Waals surface area contributed by atoms with Gasteiger partial charge in [-0.05, 0) is 26.7 Å². The quantitative estimate of drug-likeness (QED) is 0.430. The lowest BCUT2D eigenvalue weighted by molar-refractivity contribution is -0.150. The maximum atomic E-state index is 12.2. The summed E-state index contributed by atoms with van der Waals surface area (Å²) >= 11 is 3.56. The fraction of sp³-hybridized carbons (Fsp3) is 0.500. The number of ether oxygens (including phenoxy) is 1. The third kappa shape index (κ3) is 3.81. The molecule has 0 bridgehead atoms. The number of fused-ring (bicyclic) bond motifs is 1. The van der Waals surface area contributed by atoms with Crippen molar-refractivity contribution in [1.82, 2.24) is 29.7 Å². The molecule has 0 aliphatic carbocycles. The lowest BCUT2D eigenvalue weighted by Crippen LogP contribution is -2.45. The Morgan fingerprint density at radius 2 is 2.17 bits per heavy atom. The molecular formula is C20H26BrN7O2. The number of carbonyl (C=O) groups is 1. The number of piperidine rings is 1. The Balaban J connectivity index is 1.66. The minimum atomic E-state index is -0.280. The van der Waals surface area contributed by atoms with Gasteiger partial charge in [0.25, 0.3) is 0 Å². The van der Waals surface area contributed by atoms with Gasteiger partial charge in [0, 0.05) is 47.7 Å². The van der Waals surface area contributed by atoms with Crippen molar-refractivity contribution in [2.75, 3.05) is 12.3 Å². The number of nitrogens with two attached hydrogens (primary N) is 1. The number of nitrogen functional groups attached to an aromatic ring is 1. The molecule has 0 spiro atoms. The number of rotatable bonds is 5. The molecule has 4 rings (SSSR count). The lowest BCUT2D eigenvalue weighted by Gasteiger charge is -2.30. The zero-order valence-corrected chi connectivity index (χ0v) is 18.9. The van der Waals surface area contributed by atoms with Crippen LogP contribution in [0.3, 0.4) is 0 Å². The second-order valence-corrected chi connectivity index (χ2v) is 8.47. The van der Waals surface area contributed by atoms with E-state index in [1.165, 1.54) is 0 Å². The van der Waals surface area contributed by atoms with E-state index in [4.69, 9.17) is 15.5 Å². The number of aryl methyl sites for hydroxylation is 1. The van der Waals surface area contributed by atoms with Gasteiger partial charge < -0.3 is 15.8 Å². The minimum Gasteiger partial charge on any atom is -0.462 e. The molecular weight excluding hydrogens is 450 g/mol. The Morgan fingerprint density at radius 1 is 1.37 bits per heavy atom. The maximum absolute atomic E-state index is 12.2. The predicted molar refractivity (Wildman–Crippen MR) is 117 cm³/mol. The number of nitrogens with one attached hydrogen (secondary N) is 1. The number of esters is 1. The molecule has 3 N–H and O–H groups in total. The van der Waals surface area contributed by atoms with Crippen molar-refractivity contribution in [3.05, 3.63) is 29.8 Å². The number of aromatic nitrogens is 5. The van der Waals surface area contributed by atoms with Crippen molar-refractivity contribution < 1.29 is 9.53 Å². The molecule has 1 aliphatic heterocycles. The average molecular weight is 476 g/mol. The Hall–Kier alpha value is -2.46. The van der Waals surface area contributed by atoms with E-state index in [0.717, 1.165) is 28.8 Å². The van der Waals surface area contributed by atoms with Gasteiger partial charge in [-0.25, -0.2) is 4.98 Å². The third-order valence-corrected chi connectivity index (χ3v) is 5.96. The average Bonchev–Trinajstić information content (AvgIpc) is 3.33. The van der Waals surface area contributed by atoms with Crippen molar-refractivity contribution in [3.63, 3.8) is 0 Å². The first kappa shape index (κ1) is 20.8. The zero-order valence-electron chi connectivity index (χ0n) is 17.3. The van der Waals surface area contributed by atoms with Crippen molar-refractivity contribution >= 4 is 33.4 Å². The standard InChI is InChI=1S/C20H26BrN7O2/c1-11(2)30-20(29)16-5-4-12(7-23-16)17-14(6-21)18(22)28-19(26-17)15(9-25-28)13-8-24-27(3)10-13/h8-12,16,23H,4-7,22H2,1-3H3. The van der Waals surface area contributed by atoms with Crippen LogP contribution in [0.2, 0.25) is 0 Å². The molecule has 160 valence electrons. The summed E-state index contributed by atoms with van der Waals surface area (Å²) in [4.78, 5) is 17.2. The molecule has 2 unspecified atom stereocenters. The monoisotopic (exact) mass is 475 g/mol. The largest absolute Gasteiger partial charge is 0.462 e. The van der Waals surface area contributed by atoms with E-state index in [2.05, 4.69) is 31.4 Å². The van der Waals surface area contributed by atoms with Gasteiger partial charge in [-0.3, -0.25) is 9.48 Å². The van der Waals surface area contributed by atoms with Gasteiger partial charge in [-0.15, -0.1) is 0 Å². The van der Waals surface area contributed by atoms with Gasteiger partial charge in [0.1, 0.15) is 11.9 Å². The van der Waals surface area contributed by atoms with E-state index in [1.54, 1.807) is 21.6 Å². The Kier molecular flexibility index (Phi) is 5.79. The van der Waals surface area contributed by atoms with E-state index >= 15 is 0 Å². The molecule has 0 aromatic carbocycles. The van der Waals surface area contributed by atoms with Gasteiger partial charge in [0.05, 0.1) is 24.2 Å². The predicted octanol–water partition coefficient (Wildman–Crippen LogP) is 2.39. The minimum absolute atomic E-state index is 0.117. The van der Waals surface area contributed by atoms with E-state index in [-0.39, 0.29) is 24.0 Å². The summed E-state index contributed by atoms with van der Waals surface area (Å²) in [5, 5.41) is 12.6. The molecule has 0 radical (unpaired) electrons. The SMILES string of the molecule is CC(C)OC(=O)C1CCC(c2nc3c(-c4cnn(C)c4)cnn3c(N)c2CBr)CN1. The molecule has 0 saturated carbocycles. The van der Waals surface area contributed by atoms with Crippen LogP contribution < -0.4 is 11.1 Å². The molecule has 3 aromatic heterocycles. The summed E-state index contributed by atoms with van der Waals surface area (Å²) in [6.07, 6.45) is 6.89. The summed E-state index contributed by atoms with van der Waals surface area (Å²) in [6, 6.07) is -0.280. The fourth-order valence-electron chi connectivity index (χ4n) is 3.91. The Morgan fingerprint density at radius 3 is 2.77 bits per heavy atom. The van der Waals surface area contributed by atoms with Crippen molar-refractivity contribution in [2.45, 2.75) is 50.1 Å². The van der Waals surface area contributed by atoms with Crippen LogP contribution in [0.1, 0.15) is 43.9 Å². The van der Waals surface area contributed by atoms with Crippen LogP contribution in [0, 0.1) is 0 Å². The number of anilines is 1. The van der Waals surface area contributed by atoms with Gasteiger partial charge >= 0.3 is 5.97 Å². The van der Waals surface area contributed by atoms with Crippen LogP contribution in [-0.4, -0.2) is 49.0 Å². The number of hydrogen-bond donors (Lipinski definition) is 2. The highest BCUT2D eigenvalue weighted by Gasteiger charge is 2.31. The smallest absolute Gasteiger partial charge is 0.323 e. The Labute approximate surface area is 183 Å². The van der Waals surface area contributed by atoms with Gasteiger partial charge in [-0.2, -0.15) is 14.7 Å².